The van der Waals surface area contributed by atoms with Crippen LogP contribution >= 0.6 is 0 Å². The molecule has 2 aromatic heterocycles. The number of alkyl halides is 3. The fourth-order valence-corrected chi connectivity index (χ4v) is 5.26. The van der Waals surface area contributed by atoms with E-state index in [0.29, 0.717) is 11.6 Å². The molecule has 0 saturated carbocycles. The fraction of sp³-hybridized carbons (Fsp3) is 0.423. The quantitative estimate of drug-likeness (QED) is 0.338. The Labute approximate surface area is 211 Å². The number of carboxylic acid groups (broad SMARTS) is 1. The minimum Gasteiger partial charge on any atom is -0.481 e. The number of anilines is 2. The standard InChI is InChI=1S/C26H29F4N5O2/c1-15-12-23(34-33-15)32-22-9-8-20(27)21(31-22)14-25(24(36)37)10-11-35(16(2)13-25)17(3)18-6-4-5-7-19(18)26(28,29)30/h4-9,12,16-17H,10-11,13-14H2,1-3H3,(H,36,37)(H2,31,32,33,34)/t16-,17-,25-/m1/s1. The average molecular weight is 520 g/mol. The van der Waals surface area contributed by atoms with Crippen molar-refractivity contribution in [3.05, 3.63) is 70.8 Å². The smallest absolute Gasteiger partial charge is 0.416 e. The number of aliphatic carboxylic acids is 1. The lowest BCUT2D eigenvalue weighted by atomic mass is 9.71. The van der Waals surface area contributed by atoms with E-state index in [4.69, 9.17) is 0 Å². The summed E-state index contributed by atoms with van der Waals surface area (Å²) in [5.41, 5.74) is -1.04. The SMILES string of the molecule is Cc1cc(Nc2ccc(F)c(C[C@@]3(C(=O)O)CCN([C@H](C)c4ccccc4C(F)(F)F)[C@H](C)C3)n2)n[nH]1. The van der Waals surface area contributed by atoms with Crippen molar-refractivity contribution in [2.24, 2.45) is 5.41 Å². The zero-order valence-corrected chi connectivity index (χ0v) is 20.7. The second-order valence-corrected chi connectivity index (χ2v) is 9.75. The summed E-state index contributed by atoms with van der Waals surface area (Å²) in [7, 11) is 0. The highest BCUT2D eigenvalue weighted by atomic mass is 19.4. The van der Waals surface area contributed by atoms with Crippen LogP contribution in [0.25, 0.3) is 0 Å². The molecule has 11 heteroatoms. The van der Waals surface area contributed by atoms with Gasteiger partial charge in [0.2, 0.25) is 0 Å². The molecule has 3 N–H and O–H groups in total. The van der Waals surface area contributed by atoms with Gasteiger partial charge in [0.05, 0.1) is 16.7 Å². The number of benzene rings is 1. The van der Waals surface area contributed by atoms with Crippen molar-refractivity contribution in [1.29, 1.82) is 0 Å². The highest BCUT2D eigenvalue weighted by Gasteiger charge is 2.47. The number of aromatic nitrogens is 3. The predicted octanol–water partition coefficient (Wildman–Crippen LogP) is 5.87. The van der Waals surface area contributed by atoms with Gasteiger partial charge in [0.15, 0.2) is 5.82 Å². The van der Waals surface area contributed by atoms with Gasteiger partial charge in [-0.15, -0.1) is 0 Å². The topological polar surface area (TPSA) is 94.1 Å². The minimum absolute atomic E-state index is 0.00998. The van der Waals surface area contributed by atoms with Crippen molar-refractivity contribution in [3.63, 3.8) is 0 Å². The molecule has 3 atom stereocenters. The van der Waals surface area contributed by atoms with E-state index >= 15 is 0 Å². The van der Waals surface area contributed by atoms with Crippen LogP contribution < -0.4 is 5.32 Å². The number of piperidine rings is 1. The lowest BCUT2D eigenvalue weighted by molar-refractivity contribution is -0.154. The molecule has 0 radical (unpaired) electrons. The van der Waals surface area contributed by atoms with Crippen LogP contribution in [0.15, 0.2) is 42.5 Å². The van der Waals surface area contributed by atoms with Crippen molar-refractivity contribution in [1.82, 2.24) is 20.1 Å². The number of likely N-dealkylation sites (tertiary alicyclic amines) is 1. The average Bonchev–Trinajstić information content (AvgIpc) is 3.24. The largest absolute Gasteiger partial charge is 0.481 e. The maximum atomic E-state index is 14.8. The molecule has 0 amide bonds. The molecule has 1 aliphatic rings. The third-order valence-electron chi connectivity index (χ3n) is 7.15. The highest BCUT2D eigenvalue weighted by molar-refractivity contribution is 5.75. The van der Waals surface area contributed by atoms with Crippen molar-refractivity contribution >= 4 is 17.6 Å². The molecule has 198 valence electrons. The fourth-order valence-electron chi connectivity index (χ4n) is 5.26. The Morgan fingerprint density at radius 2 is 2.00 bits per heavy atom. The molecular weight excluding hydrogens is 490 g/mol. The molecular formula is C26H29F4N5O2. The van der Waals surface area contributed by atoms with Crippen molar-refractivity contribution in [2.75, 3.05) is 11.9 Å². The lowest BCUT2D eigenvalue weighted by Gasteiger charge is -2.46. The second kappa shape index (κ2) is 10.1. The number of rotatable bonds is 7. The molecule has 1 fully saturated rings. The Morgan fingerprint density at radius 1 is 1.27 bits per heavy atom. The van der Waals surface area contributed by atoms with Crippen molar-refractivity contribution in [3.8, 4) is 0 Å². The second-order valence-electron chi connectivity index (χ2n) is 9.75. The maximum Gasteiger partial charge on any atom is 0.416 e. The Balaban J connectivity index is 1.55. The summed E-state index contributed by atoms with van der Waals surface area (Å²) in [6.45, 7) is 5.56. The van der Waals surface area contributed by atoms with Gasteiger partial charge in [0.1, 0.15) is 11.6 Å². The summed E-state index contributed by atoms with van der Waals surface area (Å²) in [6.07, 6.45) is -4.36. The molecule has 7 nitrogen and oxygen atoms in total. The van der Waals surface area contributed by atoms with E-state index in [-0.39, 0.29) is 43.1 Å². The van der Waals surface area contributed by atoms with Gasteiger partial charge in [0, 0.05) is 36.8 Å². The van der Waals surface area contributed by atoms with Crippen LogP contribution in [0.1, 0.15) is 55.2 Å². The van der Waals surface area contributed by atoms with E-state index in [0.717, 1.165) is 11.8 Å². The van der Waals surface area contributed by atoms with Crippen LogP contribution in [0.2, 0.25) is 0 Å². The number of H-pyrrole nitrogens is 1. The minimum atomic E-state index is -4.49. The molecule has 1 saturated heterocycles. The number of aryl methyl sites for hydroxylation is 1. The number of hydrogen-bond acceptors (Lipinski definition) is 5. The van der Waals surface area contributed by atoms with E-state index in [9.17, 15) is 27.5 Å². The number of carbonyl (C=O) groups is 1. The van der Waals surface area contributed by atoms with Crippen LogP contribution in [-0.2, 0) is 17.4 Å². The first-order chi connectivity index (χ1) is 17.4. The Hall–Kier alpha value is -3.47. The van der Waals surface area contributed by atoms with E-state index < -0.39 is 35.0 Å². The normalized spacial score (nSPS) is 21.5. The van der Waals surface area contributed by atoms with Crippen LogP contribution in [0.3, 0.4) is 0 Å². The van der Waals surface area contributed by atoms with Gasteiger partial charge in [0.25, 0.3) is 0 Å². The third kappa shape index (κ3) is 5.61. The van der Waals surface area contributed by atoms with E-state index in [1.54, 1.807) is 26.0 Å². The third-order valence-corrected chi connectivity index (χ3v) is 7.15. The molecule has 4 rings (SSSR count). The molecule has 3 heterocycles. The number of hydrogen-bond donors (Lipinski definition) is 3. The summed E-state index contributed by atoms with van der Waals surface area (Å²) >= 11 is 0. The molecule has 0 bridgehead atoms. The first-order valence-electron chi connectivity index (χ1n) is 12.0. The van der Waals surface area contributed by atoms with Crippen LogP contribution in [0.5, 0.6) is 0 Å². The molecule has 37 heavy (non-hydrogen) atoms. The zero-order valence-electron chi connectivity index (χ0n) is 20.7. The first-order valence-corrected chi connectivity index (χ1v) is 12.0. The van der Waals surface area contributed by atoms with Crippen molar-refractivity contribution < 1.29 is 27.5 Å². The van der Waals surface area contributed by atoms with Gasteiger partial charge in [-0.25, -0.2) is 9.37 Å². The van der Waals surface area contributed by atoms with E-state index in [1.165, 1.54) is 24.3 Å². The van der Waals surface area contributed by atoms with Gasteiger partial charge < -0.3 is 10.4 Å². The lowest BCUT2D eigenvalue weighted by Crippen LogP contribution is -2.51. The highest BCUT2D eigenvalue weighted by Crippen LogP contribution is 2.43. The predicted molar refractivity (Wildman–Crippen MR) is 130 cm³/mol. The number of aromatic amines is 1. The number of carboxylic acids is 1. The maximum absolute atomic E-state index is 14.8. The van der Waals surface area contributed by atoms with Gasteiger partial charge in [-0.2, -0.15) is 18.3 Å². The summed E-state index contributed by atoms with van der Waals surface area (Å²) in [5, 5.41) is 20.0. The van der Waals surface area contributed by atoms with Gasteiger partial charge >= 0.3 is 12.1 Å². The Kier molecular flexibility index (Phi) is 7.27. The molecule has 0 aliphatic carbocycles. The van der Waals surface area contributed by atoms with E-state index in [2.05, 4.69) is 20.5 Å². The first kappa shape index (κ1) is 26.6. The van der Waals surface area contributed by atoms with Gasteiger partial charge in [-0.1, -0.05) is 18.2 Å². The van der Waals surface area contributed by atoms with Crippen molar-refractivity contribution in [2.45, 2.75) is 58.3 Å². The summed E-state index contributed by atoms with van der Waals surface area (Å²) in [5.74, 6) is -0.881. The molecule has 1 aromatic carbocycles. The number of nitrogens with zero attached hydrogens (tertiary/aromatic N) is 3. The number of halogens is 4. The van der Waals surface area contributed by atoms with Crippen LogP contribution in [0, 0.1) is 18.2 Å². The zero-order chi connectivity index (χ0) is 27.0. The monoisotopic (exact) mass is 519 g/mol. The number of nitrogens with one attached hydrogen (secondary N) is 2. The summed E-state index contributed by atoms with van der Waals surface area (Å²) in [4.78, 5) is 18.7. The Morgan fingerprint density at radius 3 is 2.62 bits per heavy atom. The van der Waals surface area contributed by atoms with E-state index in [1.807, 2.05) is 11.8 Å². The van der Waals surface area contributed by atoms with Crippen LogP contribution in [-0.4, -0.2) is 43.7 Å². The van der Waals surface area contributed by atoms with Gasteiger partial charge in [-0.3, -0.25) is 14.8 Å². The molecule has 3 aromatic rings. The molecule has 1 aliphatic heterocycles. The van der Waals surface area contributed by atoms with Gasteiger partial charge in [-0.05, 0) is 57.4 Å². The number of pyridine rings is 1. The molecule has 0 spiro atoms. The summed E-state index contributed by atoms with van der Waals surface area (Å²) in [6, 6.07) is 8.91. The Bertz CT molecular complexity index is 1280. The van der Waals surface area contributed by atoms with Crippen LogP contribution in [0.4, 0.5) is 29.2 Å². The molecule has 0 unspecified atom stereocenters. The summed E-state index contributed by atoms with van der Waals surface area (Å²) < 4.78 is 55.6.